The maximum Gasteiger partial charge on any atom is 0.244 e. The predicted molar refractivity (Wildman–Crippen MR) is 51.9 cm³/mol. The Labute approximate surface area is 75.0 Å². The lowest BCUT2D eigenvalue weighted by Gasteiger charge is -2.05. The van der Waals surface area contributed by atoms with Gasteiger partial charge in [0.15, 0.2) is 0 Å². The second kappa shape index (κ2) is 5.81. The number of hydrogen-bond donors (Lipinski definition) is 1. The van der Waals surface area contributed by atoms with Gasteiger partial charge in [-0.3, -0.25) is 4.79 Å². The summed E-state index contributed by atoms with van der Waals surface area (Å²) in [5.74, 6) is 0.0240. The van der Waals surface area contributed by atoms with Gasteiger partial charge in [-0.15, -0.1) is 0 Å². The van der Waals surface area contributed by atoms with Crippen LogP contribution in [0.2, 0.25) is 0 Å². The van der Waals surface area contributed by atoms with Gasteiger partial charge >= 0.3 is 0 Å². The fourth-order valence-corrected chi connectivity index (χ4v) is 1.02. The Kier molecular flexibility index (Phi) is 5.43. The molecule has 0 aromatic rings. The normalized spacial score (nSPS) is 11.9. The Morgan fingerprint density at radius 2 is 2.08 bits per heavy atom. The highest BCUT2D eigenvalue weighted by atomic mass is 16.1. The van der Waals surface area contributed by atoms with Gasteiger partial charge in [0.1, 0.15) is 0 Å². The van der Waals surface area contributed by atoms with Gasteiger partial charge in [0, 0.05) is 12.1 Å². The molecule has 0 spiro atoms. The van der Waals surface area contributed by atoms with Crippen LogP contribution in [0.25, 0.3) is 0 Å². The summed E-state index contributed by atoms with van der Waals surface area (Å²) in [6.45, 7) is 8.02. The first-order valence-corrected chi connectivity index (χ1v) is 4.54. The fraction of sp³-hybridized carbons (Fsp3) is 0.700. The van der Waals surface area contributed by atoms with Gasteiger partial charge in [0.25, 0.3) is 0 Å². The SMILES string of the molecule is CCC/C(C)=C/C(=O)NC(C)C. The summed E-state index contributed by atoms with van der Waals surface area (Å²) < 4.78 is 0. The first-order valence-electron chi connectivity index (χ1n) is 4.54. The topological polar surface area (TPSA) is 29.1 Å². The molecule has 1 N–H and O–H groups in total. The molecule has 0 aliphatic heterocycles. The minimum absolute atomic E-state index is 0.0240. The van der Waals surface area contributed by atoms with Crippen molar-refractivity contribution in [3.63, 3.8) is 0 Å². The molecule has 0 aromatic heterocycles. The van der Waals surface area contributed by atoms with Gasteiger partial charge < -0.3 is 5.32 Å². The van der Waals surface area contributed by atoms with Crippen molar-refractivity contribution >= 4 is 5.91 Å². The molecule has 0 atom stereocenters. The van der Waals surface area contributed by atoms with Crippen molar-refractivity contribution in [2.75, 3.05) is 0 Å². The van der Waals surface area contributed by atoms with E-state index in [0.29, 0.717) is 0 Å². The lowest BCUT2D eigenvalue weighted by molar-refractivity contribution is -0.117. The third-order valence-electron chi connectivity index (χ3n) is 1.45. The van der Waals surface area contributed by atoms with Crippen LogP contribution in [0.1, 0.15) is 40.5 Å². The van der Waals surface area contributed by atoms with Gasteiger partial charge in [0.05, 0.1) is 0 Å². The van der Waals surface area contributed by atoms with E-state index < -0.39 is 0 Å². The van der Waals surface area contributed by atoms with Crippen molar-refractivity contribution in [1.29, 1.82) is 0 Å². The van der Waals surface area contributed by atoms with Crippen molar-refractivity contribution in [3.8, 4) is 0 Å². The first-order chi connectivity index (χ1) is 5.56. The Hall–Kier alpha value is -0.790. The average molecular weight is 169 g/mol. The summed E-state index contributed by atoms with van der Waals surface area (Å²) in [6, 6.07) is 0.225. The Bertz CT molecular complexity index is 171. The molecule has 70 valence electrons. The number of allylic oxidation sites excluding steroid dienone is 1. The van der Waals surface area contributed by atoms with E-state index in [-0.39, 0.29) is 11.9 Å². The number of nitrogens with one attached hydrogen (secondary N) is 1. The van der Waals surface area contributed by atoms with Crippen molar-refractivity contribution in [1.82, 2.24) is 5.32 Å². The van der Waals surface area contributed by atoms with E-state index in [1.807, 2.05) is 20.8 Å². The van der Waals surface area contributed by atoms with E-state index in [1.165, 1.54) is 0 Å². The molecule has 0 saturated heterocycles. The molecule has 0 radical (unpaired) electrons. The van der Waals surface area contributed by atoms with Crippen LogP contribution >= 0.6 is 0 Å². The molecule has 1 amide bonds. The lowest BCUT2D eigenvalue weighted by Crippen LogP contribution is -2.28. The van der Waals surface area contributed by atoms with Crippen LogP contribution in [0.3, 0.4) is 0 Å². The summed E-state index contributed by atoms with van der Waals surface area (Å²) in [6.07, 6.45) is 3.78. The zero-order chi connectivity index (χ0) is 9.56. The van der Waals surface area contributed by atoms with Crippen LogP contribution in [0.15, 0.2) is 11.6 Å². The third kappa shape index (κ3) is 5.96. The van der Waals surface area contributed by atoms with E-state index in [1.54, 1.807) is 6.08 Å². The molecule has 12 heavy (non-hydrogen) atoms. The number of carbonyl (C=O) groups is 1. The summed E-state index contributed by atoms with van der Waals surface area (Å²) in [5.41, 5.74) is 1.15. The fourth-order valence-electron chi connectivity index (χ4n) is 1.02. The third-order valence-corrected chi connectivity index (χ3v) is 1.45. The maximum atomic E-state index is 11.2. The minimum atomic E-state index is 0.0240. The van der Waals surface area contributed by atoms with Gasteiger partial charge in [-0.05, 0) is 27.2 Å². The number of hydrogen-bond acceptors (Lipinski definition) is 1. The minimum Gasteiger partial charge on any atom is -0.350 e. The Balaban J connectivity index is 3.88. The molecule has 0 fully saturated rings. The summed E-state index contributed by atoms with van der Waals surface area (Å²) in [5, 5.41) is 2.82. The molecule has 0 heterocycles. The van der Waals surface area contributed by atoms with Gasteiger partial charge in [-0.25, -0.2) is 0 Å². The van der Waals surface area contributed by atoms with Gasteiger partial charge in [-0.2, -0.15) is 0 Å². The zero-order valence-corrected chi connectivity index (χ0v) is 8.48. The molecule has 2 nitrogen and oxygen atoms in total. The monoisotopic (exact) mass is 169 g/mol. The van der Waals surface area contributed by atoms with E-state index in [9.17, 15) is 4.79 Å². The van der Waals surface area contributed by atoms with Crippen LogP contribution < -0.4 is 5.32 Å². The molecule has 0 aliphatic rings. The summed E-state index contributed by atoms with van der Waals surface area (Å²) in [4.78, 5) is 11.2. The van der Waals surface area contributed by atoms with E-state index in [2.05, 4.69) is 12.2 Å². The number of rotatable bonds is 4. The number of amides is 1. The molecule has 0 unspecified atom stereocenters. The molecular weight excluding hydrogens is 150 g/mol. The molecule has 2 heteroatoms. The molecule has 0 aliphatic carbocycles. The second-order valence-electron chi connectivity index (χ2n) is 3.40. The standard InChI is InChI=1S/C10H19NO/c1-5-6-9(4)7-10(12)11-8(2)3/h7-8H,5-6H2,1-4H3,(H,11,12)/b9-7+. The van der Waals surface area contributed by atoms with E-state index in [4.69, 9.17) is 0 Å². The van der Waals surface area contributed by atoms with Crippen LogP contribution in [-0.2, 0) is 4.79 Å². The van der Waals surface area contributed by atoms with Gasteiger partial charge in [0.2, 0.25) is 5.91 Å². The van der Waals surface area contributed by atoms with Crippen molar-refractivity contribution in [3.05, 3.63) is 11.6 Å². The average Bonchev–Trinajstić information content (AvgIpc) is 1.84. The van der Waals surface area contributed by atoms with Crippen LogP contribution in [0, 0.1) is 0 Å². The quantitative estimate of drug-likeness (QED) is 0.642. The zero-order valence-electron chi connectivity index (χ0n) is 8.48. The highest BCUT2D eigenvalue weighted by Crippen LogP contribution is 2.01. The second-order valence-corrected chi connectivity index (χ2v) is 3.40. The van der Waals surface area contributed by atoms with Crippen molar-refractivity contribution in [2.45, 2.75) is 46.6 Å². The molecule has 0 bridgehead atoms. The molecule has 0 rings (SSSR count). The lowest BCUT2D eigenvalue weighted by atomic mass is 10.1. The van der Waals surface area contributed by atoms with E-state index >= 15 is 0 Å². The molecular formula is C10H19NO. The highest BCUT2D eigenvalue weighted by molar-refractivity contribution is 5.88. The highest BCUT2D eigenvalue weighted by Gasteiger charge is 1.98. The van der Waals surface area contributed by atoms with Crippen LogP contribution in [0.4, 0.5) is 0 Å². The first kappa shape index (κ1) is 11.2. The summed E-state index contributed by atoms with van der Waals surface area (Å²) >= 11 is 0. The van der Waals surface area contributed by atoms with Gasteiger partial charge in [-0.1, -0.05) is 18.9 Å². The van der Waals surface area contributed by atoms with Crippen LogP contribution in [-0.4, -0.2) is 11.9 Å². The molecule has 0 aromatic carbocycles. The van der Waals surface area contributed by atoms with Crippen molar-refractivity contribution < 1.29 is 4.79 Å². The molecule has 0 saturated carbocycles. The smallest absolute Gasteiger partial charge is 0.244 e. The Morgan fingerprint density at radius 3 is 2.50 bits per heavy atom. The number of carbonyl (C=O) groups excluding carboxylic acids is 1. The summed E-state index contributed by atoms with van der Waals surface area (Å²) in [7, 11) is 0. The Morgan fingerprint density at radius 1 is 1.50 bits per heavy atom. The van der Waals surface area contributed by atoms with Crippen molar-refractivity contribution in [2.24, 2.45) is 0 Å². The maximum absolute atomic E-state index is 11.2. The van der Waals surface area contributed by atoms with E-state index in [0.717, 1.165) is 18.4 Å². The largest absolute Gasteiger partial charge is 0.350 e. The predicted octanol–water partition coefficient (Wildman–Crippen LogP) is 2.26. The van der Waals surface area contributed by atoms with Crippen LogP contribution in [0.5, 0.6) is 0 Å².